The molecule has 0 aromatic carbocycles. The molecular weight excluding hydrogens is 204 g/mol. The van der Waals surface area contributed by atoms with Crippen molar-refractivity contribution in [2.45, 2.75) is 39.5 Å². The average molecular weight is 224 g/mol. The Morgan fingerprint density at radius 2 is 2.25 bits per heavy atom. The van der Waals surface area contributed by atoms with Gasteiger partial charge in [-0.15, -0.1) is 0 Å². The topological polar surface area (TPSA) is 54.4 Å². The van der Waals surface area contributed by atoms with Crippen molar-refractivity contribution in [1.29, 1.82) is 0 Å². The first-order valence-electron chi connectivity index (χ1n) is 5.95. The Morgan fingerprint density at radius 1 is 1.56 bits per heavy atom. The summed E-state index contributed by atoms with van der Waals surface area (Å²) in [6.07, 6.45) is 6.44. The van der Waals surface area contributed by atoms with Gasteiger partial charge in [-0.2, -0.15) is 0 Å². The summed E-state index contributed by atoms with van der Waals surface area (Å²) in [6, 6.07) is 0. The first-order chi connectivity index (χ1) is 7.60. The van der Waals surface area contributed by atoms with Gasteiger partial charge in [-0.3, -0.25) is 9.59 Å². The third kappa shape index (κ3) is 2.94. The maximum absolute atomic E-state index is 11.5. The number of allylic oxidation sites excluding steroid dienone is 2. The van der Waals surface area contributed by atoms with Gasteiger partial charge >= 0.3 is 5.97 Å². The molecule has 0 heterocycles. The number of ketones is 1. The Kier molecular flexibility index (Phi) is 4.71. The van der Waals surface area contributed by atoms with Gasteiger partial charge in [0.2, 0.25) is 0 Å². The summed E-state index contributed by atoms with van der Waals surface area (Å²) in [5.41, 5.74) is 0. The highest BCUT2D eigenvalue weighted by Crippen LogP contribution is 2.38. The maximum Gasteiger partial charge on any atom is 0.306 e. The van der Waals surface area contributed by atoms with E-state index in [1.165, 1.54) is 0 Å². The minimum absolute atomic E-state index is 0.0335. The molecule has 1 rings (SSSR count). The third-order valence-electron chi connectivity index (χ3n) is 3.51. The smallest absolute Gasteiger partial charge is 0.306 e. The van der Waals surface area contributed by atoms with Gasteiger partial charge < -0.3 is 5.11 Å². The van der Waals surface area contributed by atoms with Crippen LogP contribution in [0.2, 0.25) is 0 Å². The van der Waals surface area contributed by atoms with Crippen LogP contribution in [-0.4, -0.2) is 16.9 Å². The molecule has 0 spiro atoms. The molecule has 1 saturated carbocycles. The van der Waals surface area contributed by atoms with Crippen molar-refractivity contribution in [3.8, 4) is 0 Å². The fraction of sp³-hybridized carbons (Fsp3) is 0.692. The van der Waals surface area contributed by atoms with Crippen LogP contribution in [0.4, 0.5) is 0 Å². The van der Waals surface area contributed by atoms with Gasteiger partial charge in [0.15, 0.2) is 0 Å². The number of aliphatic carboxylic acids is 1. The zero-order valence-electron chi connectivity index (χ0n) is 9.98. The molecule has 1 N–H and O–H groups in total. The molecule has 1 aliphatic carbocycles. The fourth-order valence-corrected chi connectivity index (χ4v) is 2.66. The van der Waals surface area contributed by atoms with E-state index in [9.17, 15) is 9.59 Å². The lowest BCUT2D eigenvalue weighted by atomic mass is 9.81. The summed E-state index contributed by atoms with van der Waals surface area (Å²) in [5.74, 6) is -0.635. The van der Waals surface area contributed by atoms with E-state index in [1.807, 2.05) is 26.0 Å². The van der Waals surface area contributed by atoms with Crippen molar-refractivity contribution in [1.82, 2.24) is 0 Å². The Labute approximate surface area is 96.5 Å². The van der Waals surface area contributed by atoms with Crippen LogP contribution in [0.25, 0.3) is 0 Å². The second-order valence-corrected chi connectivity index (χ2v) is 4.53. The molecule has 0 aromatic heterocycles. The van der Waals surface area contributed by atoms with E-state index < -0.39 is 5.97 Å². The highest BCUT2D eigenvalue weighted by Gasteiger charge is 2.39. The lowest BCUT2D eigenvalue weighted by Gasteiger charge is -2.23. The zero-order valence-corrected chi connectivity index (χ0v) is 9.98. The minimum Gasteiger partial charge on any atom is -0.481 e. The van der Waals surface area contributed by atoms with Crippen molar-refractivity contribution in [2.75, 3.05) is 0 Å². The highest BCUT2D eigenvalue weighted by atomic mass is 16.4. The van der Waals surface area contributed by atoms with Crippen molar-refractivity contribution >= 4 is 11.8 Å². The molecule has 1 fully saturated rings. The lowest BCUT2D eigenvalue weighted by Crippen LogP contribution is -2.25. The van der Waals surface area contributed by atoms with E-state index in [0.29, 0.717) is 19.3 Å². The fourth-order valence-electron chi connectivity index (χ4n) is 2.66. The van der Waals surface area contributed by atoms with Gasteiger partial charge in [0.05, 0.1) is 5.92 Å². The van der Waals surface area contributed by atoms with Gasteiger partial charge in [0.25, 0.3) is 0 Å². The highest BCUT2D eigenvalue weighted by molar-refractivity contribution is 5.82. The SMILES string of the molecule is CC=CCC1CC(=O)CC1C(CC)C(=O)O. The first-order valence-corrected chi connectivity index (χ1v) is 5.95. The third-order valence-corrected chi connectivity index (χ3v) is 3.51. The molecule has 3 atom stereocenters. The van der Waals surface area contributed by atoms with Crippen LogP contribution in [0, 0.1) is 17.8 Å². The summed E-state index contributed by atoms with van der Waals surface area (Å²) in [7, 11) is 0. The van der Waals surface area contributed by atoms with E-state index >= 15 is 0 Å². The molecule has 0 bridgehead atoms. The van der Waals surface area contributed by atoms with E-state index in [2.05, 4.69) is 0 Å². The van der Waals surface area contributed by atoms with Crippen LogP contribution in [0.5, 0.6) is 0 Å². The molecule has 3 unspecified atom stereocenters. The maximum atomic E-state index is 11.5. The number of carboxylic acids is 1. The monoisotopic (exact) mass is 224 g/mol. The molecule has 0 aliphatic heterocycles. The van der Waals surface area contributed by atoms with Crippen molar-refractivity contribution in [3.63, 3.8) is 0 Å². The first kappa shape index (κ1) is 12.9. The standard InChI is InChI=1S/C13H20O3/c1-3-5-6-9-7-10(14)8-12(9)11(4-2)13(15)16/h3,5,9,11-12H,4,6-8H2,1-2H3,(H,15,16). The van der Waals surface area contributed by atoms with Crippen LogP contribution in [0.1, 0.15) is 39.5 Å². The van der Waals surface area contributed by atoms with Crippen LogP contribution < -0.4 is 0 Å². The van der Waals surface area contributed by atoms with Gasteiger partial charge in [0.1, 0.15) is 5.78 Å². The molecule has 0 amide bonds. The summed E-state index contributed by atoms with van der Waals surface area (Å²) >= 11 is 0. The van der Waals surface area contributed by atoms with E-state index in [-0.39, 0.29) is 23.5 Å². The van der Waals surface area contributed by atoms with E-state index in [0.717, 1.165) is 6.42 Å². The normalized spacial score (nSPS) is 27.5. The molecular formula is C13H20O3. The molecule has 3 nitrogen and oxygen atoms in total. The number of rotatable bonds is 5. The summed E-state index contributed by atoms with van der Waals surface area (Å²) < 4.78 is 0. The van der Waals surface area contributed by atoms with Crippen molar-refractivity contribution < 1.29 is 14.7 Å². The molecule has 0 radical (unpaired) electrons. The Bertz CT molecular complexity index is 294. The van der Waals surface area contributed by atoms with Gasteiger partial charge in [0, 0.05) is 12.8 Å². The summed E-state index contributed by atoms with van der Waals surface area (Å²) in [4.78, 5) is 22.6. The number of Topliss-reactive ketones (excluding diaryl/α,β-unsaturated/α-hetero) is 1. The van der Waals surface area contributed by atoms with E-state index in [4.69, 9.17) is 5.11 Å². The number of hydrogen-bond acceptors (Lipinski definition) is 2. The Balaban J connectivity index is 2.74. The molecule has 16 heavy (non-hydrogen) atoms. The number of carboxylic acid groups (broad SMARTS) is 1. The lowest BCUT2D eigenvalue weighted by molar-refractivity contribution is -0.144. The predicted molar refractivity (Wildman–Crippen MR) is 62.1 cm³/mol. The van der Waals surface area contributed by atoms with E-state index in [1.54, 1.807) is 0 Å². The second-order valence-electron chi connectivity index (χ2n) is 4.53. The van der Waals surface area contributed by atoms with Crippen LogP contribution in [0.15, 0.2) is 12.2 Å². The molecule has 3 heteroatoms. The number of carbonyl (C=O) groups excluding carboxylic acids is 1. The largest absolute Gasteiger partial charge is 0.481 e. The van der Waals surface area contributed by atoms with Gasteiger partial charge in [-0.25, -0.2) is 0 Å². The molecule has 0 saturated heterocycles. The number of hydrogen-bond donors (Lipinski definition) is 1. The molecule has 1 aliphatic rings. The van der Waals surface area contributed by atoms with Gasteiger partial charge in [-0.05, 0) is 31.6 Å². The molecule has 90 valence electrons. The quantitative estimate of drug-likeness (QED) is 0.730. The Hall–Kier alpha value is -1.12. The van der Waals surface area contributed by atoms with Gasteiger partial charge in [-0.1, -0.05) is 19.1 Å². The van der Waals surface area contributed by atoms with Crippen molar-refractivity contribution in [3.05, 3.63) is 12.2 Å². The molecule has 0 aromatic rings. The second kappa shape index (κ2) is 5.83. The van der Waals surface area contributed by atoms with Crippen LogP contribution >= 0.6 is 0 Å². The minimum atomic E-state index is -0.757. The van der Waals surface area contributed by atoms with Crippen molar-refractivity contribution in [2.24, 2.45) is 17.8 Å². The summed E-state index contributed by atoms with van der Waals surface area (Å²) in [5, 5.41) is 9.13. The predicted octanol–water partition coefficient (Wildman–Crippen LogP) is 2.66. The van der Waals surface area contributed by atoms with Crippen LogP contribution in [-0.2, 0) is 9.59 Å². The zero-order chi connectivity index (χ0) is 12.1. The average Bonchev–Trinajstić information content (AvgIpc) is 2.57. The number of carbonyl (C=O) groups is 2. The summed E-state index contributed by atoms with van der Waals surface area (Å²) in [6.45, 7) is 3.83. The van der Waals surface area contributed by atoms with Crippen LogP contribution in [0.3, 0.4) is 0 Å². The Morgan fingerprint density at radius 3 is 2.75 bits per heavy atom.